The summed E-state index contributed by atoms with van der Waals surface area (Å²) in [4.78, 5) is 25.7. The average molecular weight is 338 g/mol. The van der Waals surface area contributed by atoms with Gasteiger partial charge in [0.05, 0.1) is 11.6 Å². The maximum absolute atomic E-state index is 12.2. The van der Waals surface area contributed by atoms with Crippen molar-refractivity contribution in [2.45, 2.75) is 39.0 Å². The molecule has 23 heavy (non-hydrogen) atoms. The number of hydrogen-bond acceptors (Lipinski definition) is 3. The maximum atomic E-state index is 12.2. The van der Waals surface area contributed by atoms with Crippen LogP contribution in [-0.4, -0.2) is 36.3 Å². The van der Waals surface area contributed by atoms with Gasteiger partial charge in [-0.15, -0.1) is 0 Å². The smallest absolute Gasteiger partial charge is 0.222 e. The van der Waals surface area contributed by atoms with Gasteiger partial charge in [-0.1, -0.05) is 30.7 Å². The zero-order chi connectivity index (χ0) is 16.7. The van der Waals surface area contributed by atoms with Crippen molar-refractivity contribution >= 4 is 23.3 Å². The predicted octanol–water partition coefficient (Wildman–Crippen LogP) is 3.72. The summed E-state index contributed by atoms with van der Waals surface area (Å²) in [5.41, 5.74) is 0. The molecule has 0 unspecified atom stereocenters. The number of ether oxygens (including phenoxy) is 1. The molecule has 0 aliphatic carbocycles. The van der Waals surface area contributed by atoms with Crippen LogP contribution in [0.5, 0.6) is 5.75 Å². The third kappa shape index (κ3) is 5.24. The monoisotopic (exact) mass is 337 g/mol. The lowest BCUT2D eigenvalue weighted by atomic mass is 9.91. The number of nitrogens with zero attached hydrogens (tertiary/aromatic N) is 1. The lowest BCUT2D eigenvalue weighted by Gasteiger charge is -2.31. The molecular formula is C18H24ClNO3. The molecule has 1 saturated heterocycles. The van der Waals surface area contributed by atoms with E-state index in [0.29, 0.717) is 55.5 Å². The van der Waals surface area contributed by atoms with Gasteiger partial charge in [0, 0.05) is 31.8 Å². The Morgan fingerprint density at radius 1 is 1.26 bits per heavy atom. The van der Waals surface area contributed by atoms with Crippen LogP contribution in [0.1, 0.15) is 39.0 Å². The highest BCUT2D eigenvalue weighted by molar-refractivity contribution is 6.32. The molecule has 1 aliphatic rings. The van der Waals surface area contributed by atoms with Crippen LogP contribution in [0.3, 0.4) is 0 Å². The van der Waals surface area contributed by atoms with Crippen molar-refractivity contribution in [2.75, 3.05) is 19.7 Å². The van der Waals surface area contributed by atoms with Crippen LogP contribution in [0.4, 0.5) is 0 Å². The highest BCUT2D eigenvalue weighted by Gasteiger charge is 2.25. The summed E-state index contributed by atoms with van der Waals surface area (Å²) in [6, 6.07) is 7.32. The van der Waals surface area contributed by atoms with Crippen LogP contribution in [0.2, 0.25) is 5.02 Å². The second-order valence-electron chi connectivity index (χ2n) is 5.86. The zero-order valence-corrected chi connectivity index (χ0v) is 14.3. The van der Waals surface area contributed by atoms with Gasteiger partial charge in [-0.3, -0.25) is 9.59 Å². The molecule has 0 saturated carbocycles. The summed E-state index contributed by atoms with van der Waals surface area (Å²) in [7, 11) is 0. The molecule has 0 aromatic heterocycles. The number of halogens is 1. The Balaban J connectivity index is 1.66. The number of benzene rings is 1. The molecule has 0 bridgehead atoms. The minimum atomic E-state index is 0.146. The number of carbonyl (C=O) groups excluding carboxylic acids is 2. The SMILES string of the molecule is CCC(=O)C1CCN(C(=O)CCCOc2ccccc2Cl)CC1. The zero-order valence-electron chi connectivity index (χ0n) is 13.6. The van der Waals surface area contributed by atoms with Gasteiger partial charge in [-0.05, 0) is 31.4 Å². The first-order chi connectivity index (χ1) is 11.1. The van der Waals surface area contributed by atoms with E-state index in [2.05, 4.69) is 0 Å². The lowest BCUT2D eigenvalue weighted by molar-refractivity contribution is -0.135. The van der Waals surface area contributed by atoms with Gasteiger partial charge in [0.25, 0.3) is 0 Å². The van der Waals surface area contributed by atoms with Crippen molar-refractivity contribution < 1.29 is 14.3 Å². The number of rotatable bonds is 7. The number of para-hydroxylation sites is 1. The second kappa shape index (κ2) is 8.92. The molecule has 4 nitrogen and oxygen atoms in total. The first-order valence-corrected chi connectivity index (χ1v) is 8.67. The number of ketones is 1. The minimum Gasteiger partial charge on any atom is -0.492 e. The second-order valence-corrected chi connectivity index (χ2v) is 6.26. The third-order valence-corrected chi connectivity index (χ3v) is 4.59. The fourth-order valence-corrected chi connectivity index (χ4v) is 3.06. The highest BCUT2D eigenvalue weighted by atomic mass is 35.5. The molecule has 126 valence electrons. The van der Waals surface area contributed by atoms with Crippen molar-refractivity contribution in [1.29, 1.82) is 0 Å². The summed E-state index contributed by atoms with van der Waals surface area (Å²) < 4.78 is 5.59. The largest absolute Gasteiger partial charge is 0.492 e. The van der Waals surface area contributed by atoms with E-state index in [4.69, 9.17) is 16.3 Å². The Labute approximate surface area is 142 Å². The van der Waals surface area contributed by atoms with E-state index in [1.807, 2.05) is 30.0 Å². The first-order valence-electron chi connectivity index (χ1n) is 8.29. The Bertz CT molecular complexity index is 539. The van der Waals surface area contributed by atoms with Crippen LogP contribution in [0.25, 0.3) is 0 Å². The van der Waals surface area contributed by atoms with E-state index in [1.165, 1.54) is 0 Å². The molecule has 0 N–H and O–H groups in total. The van der Waals surface area contributed by atoms with E-state index < -0.39 is 0 Å². The van der Waals surface area contributed by atoms with Gasteiger partial charge in [-0.25, -0.2) is 0 Å². The molecular weight excluding hydrogens is 314 g/mol. The normalized spacial score (nSPS) is 15.5. The first kappa shape index (κ1) is 17.8. The van der Waals surface area contributed by atoms with Gasteiger partial charge >= 0.3 is 0 Å². The van der Waals surface area contributed by atoms with Crippen LogP contribution >= 0.6 is 11.6 Å². The average Bonchev–Trinajstić information content (AvgIpc) is 2.59. The van der Waals surface area contributed by atoms with Crippen molar-refractivity contribution in [2.24, 2.45) is 5.92 Å². The van der Waals surface area contributed by atoms with Gasteiger partial charge in [0.2, 0.25) is 5.91 Å². The predicted molar refractivity (Wildman–Crippen MR) is 90.8 cm³/mol. The number of carbonyl (C=O) groups is 2. The van der Waals surface area contributed by atoms with Crippen molar-refractivity contribution in [1.82, 2.24) is 4.90 Å². The standard InChI is InChI=1S/C18H24ClNO3/c1-2-16(21)14-9-11-20(12-10-14)18(22)8-5-13-23-17-7-4-3-6-15(17)19/h3-4,6-7,14H,2,5,8-13H2,1H3. The van der Waals surface area contributed by atoms with Crippen LogP contribution in [-0.2, 0) is 9.59 Å². The Morgan fingerprint density at radius 2 is 1.96 bits per heavy atom. The van der Waals surface area contributed by atoms with E-state index in [-0.39, 0.29) is 11.8 Å². The van der Waals surface area contributed by atoms with Gasteiger partial charge < -0.3 is 9.64 Å². The molecule has 1 fully saturated rings. The van der Waals surface area contributed by atoms with Crippen LogP contribution in [0.15, 0.2) is 24.3 Å². The van der Waals surface area contributed by atoms with E-state index in [0.717, 1.165) is 12.8 Å². The fourth-order valence-electron chi connectivity index (χ4n) is 2.86. The molecule has 5 heteroatoms. The van der Waals surface area contributed by atoms with E-state index >= 15 is 0 Å². The summed E-state index contributed by atoms with van der Waals surface area (Å²) in [5.74, 6) is 1.27. The van der Waals surface area contributed by atoms with Gasteiger partial charge in [0.1, 0.15) is 11.5 Å². The topological polar surface area (TPSA) is 46.6 Å². The molecule has 0 spiro atoms. The lowest BCUT2D eigenvalue weighted by Crippen LogP contribution is -2.40. The fraction of sp³-hybridized carbons (Fsp3) is 0.556. The quantitative estimate of drug-likeness (QED) is 0.712. The molecule has 2 rings (SSSR count). The molecule has 1 amide bonds. The summed E-state index contributed by atoms with van der Waals surface area (Å²) >= 11 is 6.01. The summed E-state index contributed by atoms with van der Waals surface area (Å²) in [6.45, 7) is 3.76. The Kier molecular flexibility index (Phi) is 6.90. The van der Waals surface area contributed by atoms with Gasteiger partial charge in [-0.2, -0.15) is 0 Å². The molecule has 1 aliphatic heterocycles. The summed E-state index contributed by atoms with van der Waals surface area (Å²) in [5, 5.41) is 0.585. The van der Waals surface area contributed by atoms with Crippen molar-refractivity contribution in [3.8, 4) is 5.75 Å². The van der Waals surface area contributed by atoms with Crippen LogP contribution in [0, 0.1) is 5.92 Å². The molecule has 0 radical (unpaired) electrons. The number of amides is 1. The van der Waals surface area contributed by atoms with Crippen molar-refractivity contribution in [3.05, 3.63) is 29.3 Å². The molecule has 0 atom stereocenters. The highest BCUT2D eigenvalue weighted by Crippen LogP contribution is 2.23. The number of likely N-dealkylation sites (tertiary alicyclic amines) is 1. The van der Waals surface area contributed by atoms with Crippen molar-refractivity contribution in [3.63, 3.8) is 0 Å². The molecule has 1 aromatic rings. The Hall–Kier alpha value is -1.55. The van der Waals surface area contributed by atoms with E-state index in [9.17, 15) is 9.59 Å². The Morgan fingerprint density at radius 3 is 2.61 bits per heavy atom. The molecule has 1 aromatic carbocycles. The number of Topliss-reactive ketones (excluding diaryl/α,β-unsaturated/α-hetero) is 1. The maximum Gasteiger partial charge on any atom is 0.222 e. The minimum absolute atomic E-state index is 0.146. The molecule has 1 heterocycles. The number of hydrogen-bond donors (Lipinski definition) is 0. The van der Waals surface area contributed by atoms with Crippen LogP contribution < -0.4 is 4.74 Å². The van der Waals surface area contributed by atoms with Gasteiger partial charge in [0.15, 0.2) is 0 Å². The third-order valence-electron chi connectivity index (χ3n) is 4.28. The van der Waals surface area contributed by atoms with E-state index in [1.54, 1.807) is 6.07 Å². The number of piperidine rings is 1. The summed E-state index contributed by atoms with van der Waals surface area (Å²) in [6.07, 6.45) is 3.33.